The summed E-state index contributed by atoms with van der Waals surface area (Å²) >= 11 is 5.71. The van der Waals surface area contributed by atoms with Crippen molar-refractivity contribution in [3.63, 3.8) is 0 Å². The maximum Gasteiger partial charge on any atom is 0.0890 e. The minimum Gasteiger partial charge on any atom is -0.396 e. The van der Waals surface area contributed by atoms with Gasteiger partial charge in [-0.3, -0.25) is 0 Å². The van der Waals surface area contributed by atoms with Crippen molar-refractivity contribution in [1.29, 1.82) is 0 Å². The summed E-state index contributed by atoms with van der Waals surface area (Å²) in [5.74, 6) is 0. The maximum absolute atomic E-state index is 9.87. The van der Waals surface area contributed by atoms with Gasteiger partial charge in [-0.2, -0.15) is 0 Å². The summed E-state index contributed by atoms with van der Waals surface area (Å²) in [4.78, 5) is 0. The lowest BCUT2D eigenvalue weighted by molar-refractivity contribution is 0.0299. The lowest BCUT2D eigenvalue weighted by Gasteiger charge is -2.22. The molecule has 1 aromatic rings. The fourth-order valence-corrected chi connectivity index (χ4v) is 1.30. The van der Waals surface area contributed by atoms with E-state index in [0.717, 1.165) is 5.56 Å². The first-order valence-corrected chi connectivity index (χ1v) is 4.53. The maximum atomic E-state index is 9.87. The van der Waals surface area contributed by atoms with Crippen LogP contribution in [0.5, 0.6) is 0 Å². The number of aliphatic hydroxyl groups is 2. The molecule has 0 heterocycles. The third-order valence-electron chi connectivity index (χ3n) is 2.06. The zero-order valence-corrected chi connectivity index (χ0v) is 8.25. The normalized spacial score (nSPS) is 15.4. The number of halogens is 1. The average molecular weight is 201 g/mol. The van der Waals surface area contributed by atoms with E-state index in [-0.39, 0.29) is 6.61 Å². The molecule has 0 saturated carbocycles. The molecule has 0 amide bonds. The number of benzene rings is 1. The van der Waals surface area contributed by atoms with Crippen molar-refractivity contribution in [1.82, 2.24) is 0 Å². The monoisotopic (exact) mass is 200 g/mol. The molecule has 3 heteroatoms. The molecule has 0 saturated heterocycles. The van der Waals surface area contributed by atoms with Gasteiger partial charge in [0.2, 0.25) is 0 Å². The van der Waals surface area contributed by atoms with Crippen LogP contribution in [0.4, 0.5) is 0 Å². The highest BCUT2D eigenvalue weighted by molar-refractivity contribution is 6.30. The quantitative estimate of drug-likeness (QED) is 0.783. The van der Waals surface area contributed by atoms with Gasteiger partial charge in [0.15, 0.2) is 0 Å². The van der Waals surface area contributed by atoms with Gasteiger partial charge in [-0.05, 0) is 24.6 Å². The van der Waals surface area contributed by atoms with Gasteiger partial charge in [-0.25, -0.2) is 0 Å². The summed E-state index contributed by atoms with van der Waals surface area (Å²) in [6, 6.07) is 6.97. The second-order valence-electron chi connectivity index (χ2n) is 3.25. The Balaban J connectivity index is 2.87. The van der Waals surface area contributed by atoms with Crippen molar-refractivity contribution >= 4 is 11.6 Å². The van der Waals surface area contributed by atoms with Gasteiger partial charge in [0, 0.05) is 18.1 Å². The Hall–Kier alpha value is -0.570. The topological polar surface area (TPSA) is 40.5 Å². The second kappa shape index (κ2) is 4.09. The first kappa shape index (κ1) is 10.5. The Kier molecular flexibility index (Phi) is 3.31. The van der Waals surface area contributed by atoms with Crippen molar-refractivity contribution in [3.05, 3.63) is 34.9 Å². The van der Waals surface area contributed by atoms with Crippen LogP contribution in [0.25, 0.3) is 0 Å². The van der Waals surface area contributed by atoms with Crippen LogP contribution in [0.1, 0.15) is 18.9 Å². The molecule has 0 fully saturated rings. The van der Waals surface area contributed by atoms with Crippen LogP contribution >= 0.6 is 11.6 Å². The minimum absolute atomic E-state index is 0.0321. The molecular formula is C10H13ClO2. The number of hydrogen-bond acceptors (Lipinski definition) is 2. The lowest BCUT2D eigenvalue weighted by Crippen LogP contribution is -2.22. The van der Waals surface area contributed by atoms with Gasteiger partial charge in [-0.1, -0.05) is 23.7 Å². The van der Waals surface area contributed by atoms with Crippen LogP contribution in [-0.2, 0) is 5.60 Å². The molecule has 2 N–H and O–H groups in total. The molecule has 72 valence electrons. The van der Waals surface area contributed by atoms with Crippen molar-refractivity contribution < 1.29 is 10.2 Å². The van der Waals surface area contributed by atoms with E-state index < -0.39 is 5.60 Å². The highest BCUT2D eigenvalue weighted by atomic mass is 35.5. The molecule has 0 bridgehead atoms. The summed E-state index contributed by atoms with van der Waals surface area (Å²) in [6.07, 6.45) is 0.328. The molecule has 0 aromatic heterocycles. The molecular weight excluding hydrogens is 188 g/mol. The van der Waals surface area contributed by atoms with Gasteiger partial charge in [0.05, 0.1) is 5.60 Å². The number of aliphatic hydroxyl groups excluding tert-OH is 1. The smallest absolute Gasteiger partial charge is 0.0890 e. The Morgan fingerprint density at radius 1 is 1.31 bits per heavy atom. The Morgan fingerprint density at radius 2 is 1.85 bits per heavy atom. The first-order chi connectivity index (χ1) is 6.06. The molecule has 0 aliphatic rings. The van der Waals surface area contributed by atoms with Crippen LogP contribution in [0.3, 0.4) is 0 Å². The standard InChI is InChI=1S/C10H13ClO2/c1-10(13,6-7-12)8-2-4-9(11)5-3-8/h2-5,12-13H,6-7H2,1H3. The predicted octanol–water partition coefficient (Wildman–Crippen LogP) is 1.93. The summed E-state index contributed by atoms with van der Waals surface area (Å²) in [7, 11) is 0. The van der Waals surface area contributed by atoms with E-state index in [1.54, 1.807) is 31.2 Å². The summed E-state index contributed by atoms with van der Waals surface area (Å²) in [5.41, 5.74) is -0.203. The molecule has 13 heavy (non-hydrogen) atoms. The van der Waals surface area contributed by atoms with E-state index in [2.05, 4.69) is 0 Å². The first-order valence-electron chi connectivity index (χ1n) is 4.15. The number of rotatable bonds is 3. The zero-order chi connectivity index (χ0) is 9.90. The molecule has 1 aromatic carbocycles. The fraction of sp³-hybridized carbons (Fsp3) is 0.400. The SMILES string of the molecule is CC(O)(CCO)c1ccc(Cl)cc1. The van der Waals surface area contributed by atoms with E-state index in [1.165, 1.54) is 0 Å². The van der Waals surface area contributed by atoms with Gasteiger partial charge in [-0.15, -0.1) is 0 Å². The van der Waals surface area contributed by atoms with Crippen molar-refractivity contribution in [3.8, 4) is 0 Å². The van der Waals surface area contributed by atoms with E-state index >= 15 is 0 Å². The average Bonchev–Trinajstić information content (AvgIpc) is 2.05. The third kappa shape index (κ3) is 2.69. The Morgan fingerprint density at radius 3 is 2.31 bits per heavy atom. The van der Waals surface area contributed by atoms with E-state index in [1.807, 2.05) is 0 Å². The van der Waals surface area contributed by atoms with Gasteiger partial charge < -0.3 is 10.2 Å². The minimum atomic E-state index is -0.973. The van der Waals surface area contributed by atoms with Crippen LogP contribution in [0, 0.1) is 0 Å². The molecule has 2 nitrogen and oxygen atoms in total. The van der Waals surface area contributed by atoms with E-state index in [0.29, 0.717) is 11.4 Å². The van der Waals surface area contributed by atoms with Crippen molar-refractivity contribution in [2.75, 3.05) is 6.61 Å². The van der Waals surface area contributed by atoms with Gasteiger partial charge >= 0.3 is 0 Å². The molecule has 1 atom stereocenters. The Labute approximate surface area is 82.8 Å². The van der Waals surface area contributed by atoms with Crippen molar-refractivity contribution in [2.45, 2.75) is 18.9 Å². The lowest BCUT2D eigenvalue weighted by atomic mass is 9.93. The van der Waals surface area contributed by atoms with Crippen LogP contribution in [0.15, 0.2) is 24.3 Å². The van der Waals surface area contributed by atoms with Crippen molar-refractivity contribution in [2.24, 2.45) is 0 Å². The highest BCUT2D eigenvalue weighted by Crippen LogP contribution is 2.24. The van der Waals surface area contributed by atoms with Crippen LogP contribution < -0.4 is 0 Å². The third-order valence-corrected chi connectivity index (χ3v) is 2.32. The summed E-state index contributed by atoms with van der Waals surface area (Å²) in [6.45, 7) is 1.64. The zero-order valence-electron chi connectivity index (χ0n) is 7.50. The fourth-order valence-electron chi connectivity index (χ4n) is 1.17. The second-order valence-corrected chi connectivity index (χ2v) is 3.69. The number of hydrogen-bond donors (Lipinski definition) is 2. The molecule has 1 unspecified atom stereocenters. The van der Waals surface area contributed by atoms with E-state index in [9.17, 15) is 5.11 Å². The summed E-state index contributed by atoms with van der Waals surface area (Å²) < 4.78 is 0. The summed E-state index contributed by atoms with van der Waals surface area (Å²) in [5, 5.41) is 19.2. The molecule has 0 aliphatic carbocycles. The molecule has 1 rings (SSSR count). The highest BCUT2D eigenvalue weighted by Gasteiger charge is 2.21. The molecule has 0 aliphatic heterocycles. The van der Waals surface area contributed by atoms with E-state index in [4.69, 9.17) is 16.7 Å². The van der Waals surface area contributed by atoms with Gasteiger partial charge in [0.1, 0.15) is 0 Å². The Bertz CT molecular complexity index is 267. The van der Waals surface area contributed by atoms with Gasteiger partial charge in [0.25, 0.3) is 0 Å². The largest absolute Gasteiger partial charge is 0.396 e. The molecule has 0 radical (unpaired) electrons. The predicted molar refractivity (Wildman–Crippen MR) is 52.7 cm³/mol. The van der Waals surface area contributed by atoms with Crippen LogP contribution in [-0.4, -0.2) is 16.8 Å². The van der Waals surface area contributed by atoms with Crippen LogP contribution in [0.2, 0.25) is 5.02 Å². The molecule has 0 spiro atoms.